The summed E-state index contributed by atoms with van der Waals surface area (Å²) in [6.45, 7) is 5.08. The van der Waals surface area contributed by atoms with E-state index >= 15 is 0 Å². The Bertz CT molecular complexity index is 1300. The summed E-state index contributed by atoms with van der Waals surface area (Å²) in [5, 5.41) is 3.17. The quantitative estimate of drug-likeness (QED) is 0.310. The number of hydrogen-bond acceptors (Lipinski definition) is 0. The van der Waals surface area contributed by atoms with Crippen molar-refractivity contribution in [3.05, 3.63) is 130 Å². The first-order valence-corrected chi connectivity index (χ1v) is 14.9. The number of benzene rings is 4. The third-order valence-electron chi connectivity index (χ3n) is 7.45. The molecule has 0 unspecified atom stereocenters. The zero-order valence-electron chi connectivity index (χ0n) is 19.3. The second kappa shape index (κ2) is 7.86. The molecule has 0 spiro atoms. The molecule has 6 rings (SSSR count). The second-order valence-corrected chi connectivity index (χ2v) is 14.1. The van der Waals surface area contributed by atoms with Gasteiger partial charge in [0.1, 0.15) is 8.07 Å². The van der Waals surface area contributed by atoms with Gasteiger partial charge in [-0.05, 0) is 57.4 Å². The van der Waals surface area contributed by atoms with Crippen LogP contribution in [-0.2, 0) is 12.8 Å². The Morgan fingerprint density at radius 1 is 0.485 bits per heavy atom. The van der Waals surface area contributed by atoms with E-state index in [1.165, 1.54) is 33.4 Å². The first-order chi connectivity index (χ1) is 16.1. The van der Waals surface area contributed by atoms with Gasteiger partial charge in [0.2, 0.25) is 0 Å². The number of fused-ring (bicyclic) bond motifs is 2. The van der Waals surface area contributed by atoms with Crippen LogP contribution in [0.3, 0.4) is 0 Å². The molecule has 0 fully saturated rings. The predicted octanol–water partition coefficient (Wildman–Crippen LogP) is 6.70. The standard InChI is InChI=1S/C32H28Si/c1-33(2,31-17-9-15-25-19-27(21-29(25)31)23-11-5-3-6-12-23)32-18-10-16-26-20-28(22-30(26)32)24-13-7-4-8-14-24/h3-20H,21-22H2,1-2H3. The summed E-state index contributed by atoms with van der Waals surface area (Å²) in [4.78, 5) is 0. The fraction of sp³-hybridized carbons (Fsp3) is 0.125. The van der Waals surface area contributed by atoms with Crippen LogP contribution in [0, 0.1) is 0 Å². The highest BCUT2D eigenvalue weighted by Crippen LogP contribution is 2.34. The minimum Gasteiger partial charge on any atom is -0.0623 e. The topological polar surface area (TPSA) is 0 Å². The molecule has 0 saturated carbocycles. The molecule has 0 heterocycles. The normalized spacial score (nSPS) is 14.5. The van der Waals surface area contributed by atoms with Gasteiger partial charge in [-0.1, -0.05) is 133 Å². The van der Waals surface area contributed by atoms with Crippen molar-refractivity contribution >= 4 is 41.7 Å². The number of rotatable bonds is 4. The zero-order chi connectivity index (χ0) is 22.4. The van der Waals surface area contributed by atoms with Gasteiger partial charge in [-0.25, -0.2) is 0 Å². The van der Waals surface area contributed by atoms with Gasteiger partial charge < -0.3 is 0 Å². The lowest BCUT2D eigenvalue weighted by atomic mass is 10.0. The molecule has 0 aliphatic heterocycles. The van der Waals surface area contributed by atoms with E-state index in [0.29, 0.717) is 0 Å². The van der Waals surface area contributed by atoms with Gasteiger partial charge in [-0.15, -0.1) is 0 Å². The summed E-state index contributed by atoms with van der Waals surface area (Å²) in [6.07, 6.45) is 6.88. The summed E-state index contributed by atoms with van der Waals surface area (Å²) >= 11 is 0. The molecule has 2 aliphatic rings. The zero-order valence-corrected chi connectivity index (χ0v) is 20.3. The van der Waals surface area contributed by atoms with Crippen molar-refractivity contribution in [2.24, 2.45) is 0 Å². The fourth-order valence-corrected chi connectivity index (χ4v) is 9.01. The lowest BCUT2D eigenvalue weighted by Crippen LogP contribution is -2.55. The average Bonchev–Trinajstić information content (AvgIpc) is 3.49. The Kier molecular flexibility index (Phi) is 4.81. The fourth-order valence-electron chi connectivity index (χ4n) is 5.72. The highest BCUT2D eigenvalue weighted by atomic mass is 28.3. The maximum Gasteiger partial charge on any atom is 0.113 e. The van der Waals surface area contributed by atoms with Crippen molar-refractivity contribution < 1.29 is 0 Å². The summed E-state index contributed by atoms with van der Waals surface area (Å²) in [6, 6.07) is 35.7. The van der Waals surface area contributed by atoms with E-state index in [2.05, 4.69) is 122 Å². The van der Waals surface area contributed by atoms with Gasteiger partial charge in [0.15, 0.2) is 0 Å². The van der Waals surface area contributed by atoms with Crippen LogP contribution in [0.15, 0.2) is 97.1 Å². The van der Waals surface area contributed by atoms with Gasteiger partial charge in [-0.3, -0.25) is 0 Å². The van der Waals surface area contributed by atoms with E-state index in [1.807, 2.05) is 0 Å². The number of hydrogen-bond donors (Lipinski definition) is 0. The maximum atomic E-state index is 2.54. The van der Waals surface area contributed by atoms with Crippen LogP contribution in [0.25, 0.3) is 23.3 Å². The van der Waals surface area contributed by atoms with Crippen molar-refractivity contribution in [2.45, 2.75) is 25.9 Å². The van der Waals surface area contributed by atoms with Crippen LogP contribution in [-0.4, -0.2) is 8.07 Å². The Balaban J connectivity index is 1.38. The molecule has 0 amide bonds. The molecule has 33 heavy (non-hydrogen) atoms. The van der Waals surface area contributed by atoms with Crippen LogP contribution in [0.2, 0.25) is 13.1 Å². The van der Waals surface area contributed by atoms with Crippen LogP contribution >= 0.6 is 0 Å². The third-order valence-corrected chi connectivity index (χ3v) is 11.1. The SMILES string of the molecule is C[Si](C)(c1cccc2c1CC(c1ccccc1)=C2)c1cccc2c1CC(c1ccccc1)=C2. The van der Waals surface area contributed by atoms with Crippen molar-refractivity contribution in [1.82, 2.24) is 0 Å². The summed E-state index contributed by atoms with van der Waals surface area (Å²) in [7, 11) is -1.90. The Morgan fingerprint density at radius 3 is 1.33 bits per heavy atom. The predicted molar refractivity (Wildman–Crippen MR) is 146 cm³/mol. The molecule has 0 aromatic heterocycles. The molecule has 0 saturated heterocycles. The molecule has 0 atom stereocenters. The van der Waals surface area contributed by atoms with Gasteiger partial charge in [0.25, 0.3) is 0 Å². The Hall–Kier alpha value is -3.42. The van der Waals surface area contributed by atoms with Crippen LogP contribution < -0.4 is 10.4 Å². The van der Waals surface area contributed by atoms with E-state index in [1.54, 1.807) is 21.5 Å². The highest BCUT2D eigenvalue weighted by Gasteiger charge is 2.34. The van der Waals surface area contributed by atoms with Crippen LogP contribution in [0.1, 0.15) is 33.4 Å². The molecular formula is C32H28Si. The average molecular weight is 441 g/mol. The molecule has 0 radical (unpaired) electrons. The Morgan fingerprint density at radius 2 is 0.909 bits per heavy atom. The summed E-state index contributed by atoms with van der Waals surface area (Å²) in [5.41, 5.74) is 11.5. The smallest absolute Gasteiger partial charge is 0.0623 e. The van der Waals surface area contributed by atoms with E-state index in [4.69, 9.17) is 0 Å². The Labute approximate surface area is 198 Å². The molecule has 4 aromatic rings. The molecule has 2 aliphatic carbocycles. The molecule has 4 aromatic carbocycles. The first kappa shape index (κ1) is 20.2. The lowest BCUT2D eigenvalue weighted by Gasteiger charge is -2.29. The van der Waals surface area contributed by atoms with E-state index in [0.717, 1.165) is 12.8 Å². The highest BCUT2D eigenvalue weighted by molar-refractivity contribution is 7.01. The van der Waals surface area contributed by atoms with Crippen molar-refractivity contribution in [2.75, 3.05) is 0 Å². The molecule has 160 valence electrons. The lowest BCUT2D eigenvalue weighted by molar-refractivity contribution is 1.32. The van der Waals surface area contributed by atoms with Gasteiger partial charge in [0, 0.05) is 0 Å². The van der Waals surface area contributed by atoms with E-state index in [-0.39, 0.29) is 0 Å². The molecule has 1 heteroatoms. The molecule has 0 nitrogen and oxygen atoms in total. The maximum absolute atomic E-state index is 2.54. The minimum atomic E-state index is -1.90. The summed E-state index contributed by atoms with van der Waals surface area (Å²) < 4.78 is 0. The molecule has 0 N–H and O–H groups in total. The van der Waals surface area contributed by atoms with Gasteiger partial charge in [-0.2, -0.15) is 0 Å². The van der Waals surface area contributed by atoms with Crippen molar-refractivity contribution in [3.8, 4) is 0 Å². The number of allylic oxidation sites excluding steroid dienone is 2. The third kappa shape index (κ3) is 3.44. The van der Waals surface area contributed by atoms with Crippen molar-refractivity contribution in [3.63, 3.8) is 0 Å². The largest absolute Gasteiger partial charge is 0.113 e. The minimum absolute atomic E-state index is 1.04. The molecule has 0 bridgehead atoms. The molecular weight excluding hydrogens is 412 g/mol. The van der Waals surface area contributed by atoms with E-state index < -0.39 is 8.07 Å². The van der Waals surface area contributed by atoms with Crippen LogP contribution in [0.4, 0.5) is 0 Å². The first-order valence-electron chi connectivity index (χ1n) is 11.9. The van der Waals surface area contributed by atoms with Crippen molar-refractivity contribution in [1.29, 1.82) is 0 Å². The van der Waals surface area contributed by atoms with E-state index in [9.17, 15) is 0 Å². The van der Waals surface area contributed by atoms with Gasteiger partial charge >= 0.3 is 0 Å². The van der Waals surface area contributed by atoms with Gasteiger partial charge in [0.05, 0.1) is 0 Å². The van der Waals surface area contributed by atoms with Crippen LogP contribution in [0.5, 0.6) is 0 Å². The monoisotopic (exact) mass is 440 g/mol. The second-order valence-electron chi connectivity index (χ2n) is 9.80. The summed E-state index contributed by atoms with van der Waals surface area (Å²) in [5.74, 6) is 0.